The predicted octanol–water partition coefficient (Wildman–Crippen LogP) is 5.24. The molecule has 2 bridgehead atoms. The monoisotopic (exact) mass is 564 g/mol. The summed E-state index contributed by atoms with van der Waals surface area (Å²) in [7, 11) is 0. The number of nitrogens with one attached hydrogen (secondary N) is 1. The van der Waals surface area contributed by atoms with Crippen molar-refractivity contribution in [2.24, 2.45) is 17.3 Å². The van der Waals surface area contributed by atoms with E-state index in [2.05, 4.69) is 5.32 Å². The molecule has 5 rings (SSSR count). The topological polar surface area (TPSA) is 111 Å². The number of carbonyl (C=O) groups is 3. The zero-order valence-electron chi connectivity index (χ0n) is 24.8. The largest absolute Gasteiger partial charge is 0.471 e. The van der Waals surface area contributed by atoms with Crippen LogP contribution >= 0.6 is 0 Å². The Kier molecular flexibility index (Phi) is 8.80. The van der Waals surface area contributed by atoms with Gasteiger partial charge in [-0.15, -0.1) is 0 Å². The Balaban J connectivity index is 1.51. The average Bonchev–Trinajstić information content (AvgIpc) is 3.53. The second kappa shape index (κ2) is 12.3. The van der Waals surface area contributed by atoms with E-state index in [0.717, 1.165) is 74.4 Å². The number of aldehydes is 1. The summed E-state index contributed by atoms with van der Waals surface area (Å²) in [6, 6.07) is 6.24. The van der Waals surface area contributed by atoms with E-state index in [1.165, 1.54) is 0 Å². The number of amides is 2. The summed E-state index contributed by atoms with van der Waals surface area (Å²) in [5, 5.41) is 2.89. The molecule has 3 aliphatic rings. The number of benzene rings is 1. The van der Waals surface area contributed by atoms with E-state index >= 15 is 0 Å². The number of hydrogen-bond acceptors (Lipinski definition) is 7. The molecule has 1 aromatic heterocycles. The van der Waals surface area contributed by atoms with Crippen molar-refractivity contribution in [2.45, 2.75) is 110 Å². The van der Waals surface area contributed by atoms with Gasteiger partial charge in [-0.2, -0.15) is 0 Å². The standard InChI is InChI=1S/C32H44N4O5/c1-5-21-25(19-37)36-18-27(21)40-29-24(33-22-14-9-10-15-23(22)34-29)16-8-6-7-12-20-13-11-17-26(20)41-31(39)35-28(30(36)38)32(2,3)4/h9-10,14-15,19-21,25-28H,5-8,11-13,16-18H2,1-4H3,(H,35,39)/t20-,21+,25-,26-,27+,28-/m1/s1. The van der Waals surface area contributed by atoms with Crippen molar-refractivity contribution >= 4 is 29.3 Å². The second-order valence-electron chi connectivity index (χ2n) is 13.0. The molecule has 1 N–H and O–H groups in total. The first kappa shape index (κ1) is 29.3. The molecule has 1 saturated heterocycles. The number of para-hydroxylation sites is 2. The average molecular weight is 565 g/mol. The van der Waals surface area contributed by atoms with Crippen LogP contribution in [-0.2, 0) is 20.7 Å². The summed E-state index contributed by atoms with van der Waals surface area (Å²) in [6.45, 7) is 7.96. The quantitative estimate of drug-likeness (QED) is 0.497. The van der Waals surface area contributed by atoms with Crippen molar-refractivity contribution in [1.29, 1.82) is 0 Å². The molecule has 2 amide bonds. The first-order valence-corrected chi connectivity index (χ1v) is 15.3. The lowest BCUT2D eigenvalue weighted by Gasteiger charge is -2.35. The zero-order chi connectivity index (χ0) is 29.1. The third-order valence-corrected chi connectivity index (χ3v) is 9.13. The molecule has 9 heteroatoms. The van der Waals surface area contributed by atoms with Crippen LogP contribution in [0.1, 0.15) is 84.8 Å². The highest BCUT2D eigenvalue weighted by Crippen LogP contribution is 2.35. The van der Waals surface area contributed by atoms with Gasteiger partial charge in [0, 0.05) is 5.92 Å². The number of aromatic nitrogens is 2. The highest BCUT2D eigenvalue weighted by Gasteiger charge is 2.48. The number of fused-ring (bicyclic) bond motifs is 5. The molecule has 0 unspecified atom stereocenters. The Hall–Kier alpha value is -3.23. The SMILES string of the molecule is CC[C@@H]1[C@@H]2CN(C(=O)[C@H](C(C)(C)C)NC(=O)O[C@@H]3CCC[C@H]3CCCCCc3nc4ccccc4nc3O2)[C@@H]1C=O. The Morgan fingerprint density at radius 1 is 0.976 bits per heavy atom. The minimum atomic E-state index is -0.858. The van der Waals surface area contributed by atoms with E-state index < -0.39 is 29.7 Å². The van der Waals surface area contributed by atoms with Crippen LogP contribution in [0.15, 0.2) is 24.3 Å². The molecule has 9 nitrogen and oxygen atoms in total. The normalized spacial score (nSPS) is 29.9. The fourth-order valence-corrected chi connectivity index (χ4v) is 6.83. The Bertz CT molecular complexity index is 1260. The van der Waals surface area contributed by atoms with Gasteiger partial charge in [0.05, 0.1) is 23.6 Å². The smallest absolute Gasteiger partial charge is 0.408 e. The third-order valence-electron chi connectivity index (χ3n) is 9.13. The van der Waals surface area contributed by atoms with Crippen LogP contribution < -0.4 is 10.1 Å². The molecule has 6 atom stereocenters. The minimum Gasteiger partial charge on any atom is -0.471 e. The van der Waals surface area contributed by atoms with Gasteiger partial charge >= 0.3 is 6.09 Å². The van der Waals surface area contributed by atoms with Gasteiger partial charge in [0.15, 0.2) is 0 Å². The van der Waals surface area contributed by atoms with E-state index in [-0.39, 0.29) is 24.5 Å². The van der Waals surface area contributed by atoms with Crippen molar-refractivity contribution in [3.8, 4) is 5.88 Å². The summed E-state index contributed by atoms with van der Waals surface area (Å²) < 4.78 is 12.5. The van der Waals surface area contributed by atoms with Crippen LogP contribution in [-0.4, -0.2) is 64.0 Å². The molecule has 2 aliphatic heterocycles. The van der Waals surface area contributed by atoms with Gasteiger partial charge in [0.2, 0.25) is 11.8 Å². The van der Waals surface area contributed by atoms with Crippen LogP contribution in [0.2, 0.25) is 0 Å². The molecule has 3 heterocycles. The van der Waals surface area contributed by atoms with Gasteiger partial charge in [-0.1, -0.05) is 52.7 Å². The number of aryl methyl sites for hydroxylation is 1. The Morgan fingerprint density at radius 3 is 2.41 bits per heavy atom. The first-order valence-electron chi connectivity index (χ1n) is 15.3. The summed E-state index contributed by atoms with van der Waals surface area (Å²) in [5.74, 6) is 0.292. The molecular formula is C32H44N4O5. The predicted molar refractivity (Wildman–Crippen MR) is 155 cm³/mol. The Morgan fingerprint density at radius 2 is 1.71 bits per heavy atom. The first-order chi connectivity index (χ1) is 19.7. The van der Waals surface area contributed by atoms with Crippen molar-refractivity contribution in [3.63, 3.8) is 0 Å². The summed E-state index contributed by atoms with van der Waals surface area (Å²) in [5.41, 5.74) is 1.79. The maximum atomic E-state index is 14.1. The molecule has 41 heavy (non-hydrogen) atoms. The number of rotatable bonds is 2. The number of carbonyl (C=O) groups excluding carboxylic acids is 3. The zero-order valence-corrected chi connectivity index (χ0v) is 24.8. The number of nitrogens with zero attached hydrogens (tertiary/aromatic N) is 3. The van der Waals surface area contributed by atoms with Crippen LogP contribution in [0.25, 0.3) is 11.0 Å². The molecule has 2 aromatic rings. The lowest BCUT2D eigenvalue weighted by Crippen LogP contribution is -2.56. The van der Waals surface area contributed by atoms with Gasteiger partial charge < -0.3 is 24.5 Å². The van der Waals surface area contributed by atoms with E-state index in [4.69, 9.17) is 19.4 Å². The summed E-state index contributed by atoms with van der Waals surface area (Å²) in [4.78, 5) is 51.0. The minimum absolute atomic E-state index is 0.140. The van der Waals surface area contributed by atoms with E-state index in [0.29, 0.717) is 18.2 Å². The van der Waals surface area contributed by atoms with E-state index in [1.807, 2.05) is 52.0 Å². The molecular weight excluding hydrogens is 520 g/mol. The van der Waals surface area contributed by atoms with Gasteiger partial charge in [-0.25, -0.2) is 14.8 Å². The van der Waals surface area contributed by atoms with Gasteiger partial charge in [0.25, 0.3) is 0 Å². The van der Waals surface area contributed by atoms with Crippen molar-refractivity contribution in [3.05, 3.63) is 30.0 Å². The van der Waals surface area contributed by atoms with Crippen LogP contribution in [0.5, 0.6) is 5.88 Å². The van der Waals surface area contributed by atoms with E-state index in [9.17, 15) is 14.4 Å². The molecule has 1 aliphatic carbocycles. The molecule has 1 saturated carbocycles. The molecule has 0 radical (unpaired) electrons. The van der Waals surface area contributed by atoms with Crippen molar-refractivity contribution in [2.75, 3.05) is 6.54 Å². The third kappa shape index (κ3) is 6.33. The van der Waals surface area contributed by atoms with Crippen LogP contribution in [0.3, 0.4) is 0 Å². The highest BCUT2D eigenvalue weighted by atomic mass is 16.6. The van der Waals surface area contributed by atoms with Gasteiger partial charge in [0.1, 0.15) is 30.2 Å². The van der Waals surface area contributed by atoms with Crippen LogP contribution in [0, 0.1) is 17.3 Å². The Labute approximate surface area is 242 Å². The molecule has 1 aromatic carbocycles. The number of alkyl carbamates (subject to hydrolysis) is 1. The maximum Gasteiger partial charge on any atom is 0.408 e. The molecule has 2 fully saturated rings. The number of hydrogen-bond donors (Lipinski definition) is 1. The van der Waals surface area contributed by atoms with Crippen molar-refractivity contribution < 1.29 is 23.9 Å². The lowest BCUT2D eigenvalue weighted by molar-refractivity contribution is -0.139. The molecule has 0 spiro atoms. The van der Waals surface area contributed by atoms with E-state index in [1.54, 1.807) is 4.90 Å². The molecule has 222 valence electrons. The summed E-state index contributed by atoms with van der Waals surface area (Å²) in [6.07, 6.45) is 8.03. The van der Waals surface area contributed by atoms with Crippen LogP contribution in [0.4, 0.5) is 4.79 Å². The summed E-state index contributed by atoms with van der Waals surface area (Å²) >= 11 is 0. The fraction of sp³-hybridized carbons (Fsp3) is 0.656. The second-order valence-corrected chi connectivity index (χ2v) is 13.0. The maximum absolute atomic E-state index is 14.1. The van der Waals surface area contributed by atoms with Gasteiger partial charge in [-0.05, 0) is 68.4 Å². The fourth-order valence-electron chi connectivity index (χ4n) is 6.83. The highest BCUT2D eigenvalue weighted by molar-refractivity contribution is 5.89. The van der Waals surface area contributed by atoms with Gasteiger partial charge in [-0.3, -0.25) is 4.79 Å². The number of ether oxygens (including phenoxy) is 2. The van der Waals surface area contributed by atoms with Crippen molar-refractivity contribution in [1.82, 2.24) is 20.2 Å². The lowest BCUT2D eigenvalue weighted by atomic mass is 9.85.